The van der Waals surface area contributed by atoms with E-state index in [0.717, 1.165) is 24.2 Å². The Morgan fingerprint density at radius 2 is 1.82 bits per heavy atom. The second kappa shape index (κ2) is 12.2. The van der Waals surface area contributed by atoms with Gasteiger partial charge in [-0.1, -0.05) is 37.3 Å². The highest BCUT2D eigenvalue weighted by molar-refractivity contribution is 8.02. The molecule has 2 aromatic carbocycles. The Balaban J connectivity index is 1.40. The maximum Gasteiger partial charge on any atom is 0.244 e. The summed E-state index contributed by atoms with van der Waals surface area (Å²) in [4.78, 5) is 43.5. The number of nitrogens with one attached hydrogen (secondary N) is 2. The minimum Gasteiger partial charge on any atom is -0.494 e. The van der Waals surface area contributed by atoms with Gasteiger partial charge in [0.25, 0.3) is 0 Å². The van der Waals surface area contributed by atoms with Gasteiger partial charge in [0.1, 0.15) is 11.8 Å². The molecule has 214 valence electrons. The fraction of sp³-hybridized carbons (Fsp3) is 0.516. The van der Waals surface area contributed by atoms with Crippen LogP contribution >= 0.6 is 11.8 Å². The fourth-order valence-corrected chi connectivity index (χ4v) is 9.26. The van der Waals surface area contributed by atoms with Crippen LogP contribution in [0.4, 0.5) is 5.69 Å². The van der Waals surface area contributed by atoms with Gasteiger partial charge in [-0.15, -0.1) is 11.8 Å². The molecule has 6 atom stereocenters. The van der Waals surface area contributed by atoms with Crippen molar-refractivity contribution in [2.45, 2.75) is 62.1 Å². The number of nitrogens with zero attached hydrogens (tertiary/aromatic N) is 1. The maximum absolute atomic E-state index is 14.1. The zero-order valence-electron chi connectivity index (χ0n) is 23.2. The molecule has 2 aromatic rings. The number of aliphatic hydroxyl groups is 1. The molecule has 2 bridgehead atoms. The predicted octanol–water partition coefficient (Wildman–Crippen LogP) is 3.84. The van der Waals surface area contributed by atoms with Crippen molar-refractivity contribution < 1.29 is 24.2 Å². The van der Waals surface area contributed by atoms with E-state index in [1.165, 1.54) is 0 Å². The number of unbranched alkanes of at least 4 members (excludes halogenated alkanes) is 2. The van der Waals surface area contributed by atoms with E-state index in [0.29, 0.717) is 38.2 Å². The lowest BCUT2D eigenvalue weighted by molar-refractivity contribution is -0.139. The number of carbonyl (C=O) groups excluding carboxylic acids is 3. The van der Waals surface area contributed by atoms with Crippen molar-refractivity contribution in [1.29, 1.82) is 0 Å². The van der Waals surface area contributed by atoms with E-state index >= 15 is 0 Å². The van der Waals surface area contributed by atoms with Crippen LogP contribution in [0.5, 0.6) is 5.75 Å². The van der Waals surface area contributed by atoms with E-state index in [1.54, 1.807) is 16.7 Å². The van der Waals surface area contributed by atoms with Crippen molar-refractivity contribution in [3.8, 4) is 5.75 Å². The molecule has 1 spiro atoms. The van der Waals surface area contributed by atoms with Crippen molar-refractivity contribution in [2.24, 2.45) is 17.8 Å². The molecule has 3 unspecified atom stereocenters. The second-order valence-electron chi connectivity index (χ2n) is 11.0. The largest absolute Gasteiger partial charge is 0.494 e. The van der Waals surface area contributed by atoms with Crippen molar-refractivity contribution in [2.75, 3.05) is 25.1 Å². The summed E-state index contributed by atoms with van der Waals surface area (Å²) in [6, 6.07) is 16.4. The smallest absolute Gasteiger partial charge is 0.244 e. The van der Waals surface area contributed by atoms with Crippen LogP contribution in [0.2, 0.25) is 0 Å². The molecule has 3 heterocycles. The van der Waals surface area contributed by atoms with Crippen LogP contribution in [0.25, 0.3) is 0 Å². The highest BCUT2D eigenvalue weighted by atomic mass is 32.2. The Hall–Kier alpha value is -3.04. The van der Waals surface area contributed by atoms with Crippen LogP contribution in [-0.4, -0.2) is 63.5 Å². The highest BCUT2D eigenvalue weighted by Gasteiger charge is 2.75. The Morgan fingerprint density at radius 3 is 2.52 bits per heavy atom. The van der Waals surface area contributed by atoms with Crippen molar-refractivity contribution in [1.82, 2.24) is 10.2 Å². The lowest BCUT2D eigenvalue weighted by atomic mass is 9.66. The van der Waals surface area contributed by atoms with Gasteiger partial charge in [0.2, 0.25) is 17.7 Å². The number of ether oxygens (including phenoxy) is 1. The number of fused-ring (bicyclic) bond motifs is 1. The van der Waals surface area contributed by atoms with Gasteiger partial charge in [-0.05, 0) is 68.4 Å². The van der Waals surface area contributed by atoms with Gasteiger partial charge in [-0.25, -0.2) is 0 Å². The monoisotopic (exact) mass is 565 g/mol. The van der Waals surface area contributed by atoms with E-state index in [4.69, 9.17) is 4.74 Å². The number of thioether (sulfide) groups is 1. The highest BCUT2D eigenvalue weighted by Crippen LogP contribution is 2.68. The molecule has 5 rings (SSSR count). The third-order valence-electron chi connectivity index (χ3n) is 8.60. The molecule has 3 aliphatic heterocycles. The van der Waals surface area contributed by atoms with E-state index in [2.05, 4.69) is 17.6 Å². The van der Waals surface area contributed by atoms with Crippen LogP contribution in [0, 0.1) is 17.8 Å². The molecular formula is C31H39N3O5S. The first-order valence-electron chi connectivity index (χ1n) is 14.3. The first-order chi connectivity index (χ1) is 19.4. The van der Waals surface area contributed by atoms with Crippen LogP contribution in [0.3, 0.4) is 0 Å². The lowest BCUT2D eigenvalue weighted by Crippen LogP contribution is -2.56. The average molecular weight is 566 g/mol. The molecule has 3 N–H and O–H groups in total. The summed E-state index contributed by atoms with van der Waals surface area (Å²) < 4.78 is 4.86. The van der Waals surface area contributed by atoms with Crippen molar-refractivity contribution in [3.05, 3.63) is 60.2 Å². The van der Waals surface area contributed by atoms with Gasteiger partial charge in [0.05, 0.1) is 23.2 Å². The number of likely N-dealkylation sites (tertiary alicyclic amines) is 1. The first kappa shape index (κ1) is 28.5. The van der Waals surface area contributed by atoms with E-state index in [1.807, 2.05) is 61.5 Å². The first-order valence-corrected chi connectivity index (χ1v) is 15.2. The minimum atomic E-state index is -0.652. The summed E-state index contributed by atoms with van der Waals surface area (Å²) >= 11 is 1.68. The fourth-order valence-electron chi connectivity index (χ4n) is 6.84. The van der Waals surface area contributed by atoms with Gasteiger partial charge in [-0.3, -0.25) is 14.4 Å². The summed E-state index contributed by atoms with van der Waals surface area (Å²) in [5.41, 5.74) is 1.65. The van der Waals surface area contributed by atoms with Crippen LogP contribution in [0.15, 0.2) is 54.6 Å². The summed E-state index contributed by atoms with van der Waals surface area (Å²) in [5, 5.41) is 15.4. The SMILES string of the molecule is CCOc1ccc(NC(=O)[C@@H]2[C@@H]3CC(C)C4(S3)C(C(=O)NCc3ccccc3)N(CCCCCO)C(=O)[C@H]24)cc1. The zero-order valence-corrected chi connectivity index (χ0v) is 24.0. The minimum absolute atomic E-state index is 0.0207. The number of hydrogen-bond acceptors (Lipinski definition) is 6. The molecule has 0 radical (unpaired) electrons. The Morgan fingerprint density at radius 1 is 1.07 bits per heavy atom. The van der Waals surface area contributed by atoms with Gasteiger partial charge in [0, 0.05) is 30.6 Å². The molecule has 9 heteroatoms. The quantitative estimate of drug-likeness (QED) is 0.338. The Labute approximate surface area is 240 Å². The van der Waals surface area contributed by atoms with Crippen molar-refractivity contribution >= 4 is 35.2 Å². The zero-order chi connectivity index (χ0) is 28.3. The summed E-state index contributed by atoms with van der Waals surface area (Å²) in [7, 11) is 0. The van der Waals surface area contributed by atoms with E-state index < -0.39 is 22.6 Å². The maximum atomic E-state index is 14.1. The number of amides is 3. The summed E-state index contributed by atoms with van der Waals surface area (Å²) in [5.74, 6) is -0.644. The molecule has 3 fully saturated rings. The molecular weight excluding hydrogens is 526 g/mol. The molecule has 3 aliphatic rings. The predicted molar refractivity (Wildman–Crippen MR) is 156 cm³/mol. The van der Waals surface area contributed by atoms with Crippen LogP contribution in [-0.2, 0) is 20.9 Å². The lowest BCUT2D eigenvalue weighted by Gasteiger charge is -2.38. The summed E-state index contributed by atoms with van der Waals surface area (Å²) in [6.07, 6.45) is 2.91. The van der Waals surface area contributed by atoms with E-state index in [-0.39, 0.29) is 35.5 Å². The topological polar surface area (TPSA) is 108 Å². The van der Waals surface area contributed by atoms with Gasteiger partial charge < -0.3 is 25.4 Å². The Bertz CT molecular complexity index is 1210. The van der Waals surface area contributed by atoms with Crippen LogP contribution in [0.1, 0.15) is 45.1 Å². The molecule has 0 aliphatic carbocycles. The number of aliphatic hydroxyl groups excluding tert-OH is 1. The normalized spacial score (nSPS) is 28.4. The Kier molecular flexibility index (Phi) is 8.71. The molecule has 40 heavy (non-hydrogen) atoms. The molecule has 0 aromatic heterocycles. The number of hydrogen-bond donors (Lipinski definition) is 3. The van der Waals surface area contributed by atoms with Gasteiger partial charge >= 0.3 is 0 Å². The number of carbonyl (C=O) groups is 3. The van der Waals surface area contributed by atoms with Crippen molar-refractivity contribution in [3.63, 3.8) is 0 Å². The molecule has 3 amide bonds. The number of anilines is 1. The third-order valence-corrected chi connectivity index (χ3v) is 10.7. The van der Waals surface area contributed by atoms with E-state index in [9.17, 15) is 19.5 Å². The molecule has 0 saturated carbocycles. The number of rotatable bonds is 12. The standard InChI is InChI=1S/C31H39N3O5S/c1-3-39-23-14-12-22(13-15-23)33-28(36)25-24-18-20(2)31(40-24)26(25)30(38)34(16-8-5-9-17-35)27(31)29(37)32-19-21-10-6-4-7-11-21/h4,6-7,10-15,20,24-27,35H,3,5,8-9,16-19H2,1-2H3,(H,32,37)(H,33,36)/t20?,24-,25+,26-,27?,31?/m0/s1. The number of benzene rings is 2. The average Bonchev–Trinajstić information content (AvgIpc) is 3.55. The van der Waals surface area contributed by atoms with Gasteiger partial charge in [-0.2, -0.15) is 0 Å². The third kappa shape index (κ3) is 5.21. The summed E-state index contributed by atoms with van der Waals surface area (Å²) in [6.45, 7) is 5.53. The molecule has 3 saturated heterocycles. The van der Waals surface area contributed by atoms with Gasteiger partial charge in [0.15, 0.2) is 0 Å². The molecule has 8 nitrogen and oxygen atoms in total. The van der Waals surface area contributed by atoms with Crippen LogP contribution < -0.4 is 15.4 Å². The second-order valence-corrected chi connectivity index (χ2v) is 12.6.